The highest BCUT2D eigenvalue weighted by molar-refractivity contribution is 5.45. The molecule has 7 nitrogen and oxygen atoms in total. The zero-order valence-electron chi connectivity index (χ0n) is 13.6. The first-order valence-electron chi connectivity index (χ1n) is 7.79. The van der Waals surface area contributed by atoms with Gasteiger partial charge in [-0.3, -0.25) is 4.90 Å². The minimum absolute atomic E-state index is 0.253. The van der Waals surface area contributed by atoms with E-state index in [-0.39, 0.29) is 6.10 Å². The molecule has 3 rings (SSSR count). The van der Waals surface area contributed by atoms with Gasteiger partial charge in [-0.25, -0.2) is 4.98 Å². The largest absolute Gasteiger partial charge is 0.383 e. The zero-order chi connectivity index (χ0) is 15.5. The van der Waals surface area contributed by atoms with Crippen LogP contribution in [0.15, 0.2) is 12.3 Å². The lowest BCUT2D eigenvalue weighted by atomic mass is 10.1. The van der Waals surface area contributed by atoms with Crippen LogP contribution in [0.2, 0.25) is 0 Å². The van der Waals surface area contributed by atoms with E-state index in [2.05, 4.69) is 19.8 Å². The van der Waals surface area contributed by atoms with Crippen LogP contribution in [0.3, 0.4) is 0 Å². The number of likely N-dealkylation sites (tertiary alicyclic amines) is 1. The average molecular weight is 307 g/mol. The van der Waals surface area contributed by atoms with Crippen molar-refractivity contribution in [2.75, 3.05) is 70.4 Å². The minimum Gasteiger partial charge on any atom is -0.383 e. The molecule has 0 amide bonds. The fourth-order valence-electron chi connectivity index (χ4n) is 3.17. The van der Waals surface area contributed by atoms with Gasteiger partial charge >= 0.3 is 0 Å². The first-order valence-corrected chi connectivity index (χ1v) is 7.79. The first-order chi connectivity index (χ1) is 10.7. The summed E-state index contributed by atoms with van der Waals surface area (Å²) >= 11 is 0. The normalized spacial score (nSPS) is 25.3. The van der Waals surface area contributed by atoms with Gasteiger partial charge in [-0.15, -0.1) is 0 Å². The molecule has 1 aromatic heterocycles. The van der Waals surface area contributed by atoms with E-state index in [1.807, 2.05) is 31.3 Å². The Labute approximate surface area is 131 Å². The van der Waals surface area contributed by atoms with Crippen molar-refractivity contribution in [1.82, 2.24) is 14.9 Å². The number of anilines is 2. The van der Waals surface area contributed by atoms with Crippen molar-refractivity contribution in [3.05, 3.63) is 12.3 Å². The molecule has 0 aliphatic carbocycles. The third-order valence-electron chi connectivity index (χ3n) is 4.31. The number of methoxy groups -OCH3 is 1. The van der Waals surface area contributed by atoms with Gasteiger partial charge in [-0.2, -0.15) is 4.98 Å². The summed E-state index contributed by atoms with van der Waals surface area (Å²) in [6.07, 6.45) is 2.09. The van der Waals surface area contributed by atoms with Crippen LogP contribution in [0.25, 0.3) is 0 Å². The molecule has 0 bridgehead atoms. The minimum atomic E-state index is 0.253. The topological polar surface area (TPSA) is 54.0 Å². The van der Waals surface area contributed by atoms with Crippen LogP contribution in [0, 0.1) is 0 Å². The average Bonchev–Trinajstić information content (AvgIpc) is 2.95. The Morgan fingerprint density at radius 3 is 3.05 bits per heavy atom. The second kappa shape index (κ2) is 6.76. The molecule has 7 heteroatoms. The van der Waals surface area contributed by atoms with Crippen molar-refractivity contribution in [1.29, 1.82) is 0 Å². The number of ether oxygens (including phenoxy) is 2. The molecule has 3 heterocycles. The van der Waals surface area contributed by atoms with Crippen LogP contribution in [0.5, 0.6) is 0 Å². The van der Waals surface area contributed by atoms with E-state index in [1.54, 1.807) is 7.11 Å². The van der Waals surface area contributed by atoms with Gasteiger partial charge < -0.3 is 19.3 Å². The second-order valence-corrected chi connectivity index (χ2v) is 6.03. The SMILES string of the molecule is COCCN1C[C@@H]2OCCN(c3ccnc(N(C)C)n3)[C@@H]2C1. The maximum atomic E-state index is 5.96. The van der Waals surface area contributed by atoms with Crippen molar-refractivity contribution < 1.29 is 9.47 Å². The van der Waals surface area contributed by atoms with Gasteiger partial charge in [0, 0.05) is 53.6 Å². The Hall–Kier alpha value is -1.44. The fraction of sp³-hybridized carbons (Fsp3) is 0.733. The van der Waals surface area contributed by atoms with E-state index in [0.29, 0.717) is 6.04 Å². The molecule has 0 radical (unpaired) electrons. The molecular formula is C15H25N5O2. The van der Waals surface area contributed by atoms with Crippen LogP contribution >= 0.6 is 0 Å². The fourth-order valence-corrected chi connectivity index (χ4v) is 3.17. The van der Waals surface area contributed by atoms with Gasteiger partial charge in [0.15, 0.2) is 0 Å². The summed E-state index contributed by atoms with van der Waals surface area (Å²) < 4.78 is 11.2. The highest BCUT2D eigenvalue weighted by atomic mass is 16.5. The molecule has 1 aromatic rings. The quantitative estimate of drug-likeness (QED) is 0.763. The molecule has 22 heavy (non-hydrogen) atoms. The van der Waals surface area contributed by atoms with Crippen molar-refractivity contribution in [2.24, 2.45) is 0 Å². The summed E-state index contributed by atoms with van der Waals surface area (Å²) in [4.78, 5) is 15.7. The molecule has 0 unspecified atom stereocenters. The summed E-state index contributed by atoms with van der Waals surface area (Å²) in [5.41, 5.74) is 0. The highest BCUT2D eigenvalue weighted by Crippen LogP contribution is 2.27. The maximum Gasteiger partial charge on any atom is 0.226 e. The maximum absolute atomic E-state index is 5.96. The number of hydrogen-bond acceptors (Lipinski definition) is 7. The lowest BCUT2D eigenvalue weighted by Gasteiger charge is -2.37. The van der Waals surface area contributed by atoms with E-state index >= 15 is 0 Å². The number of hydrogen-bond donors (Lipinski definition) is 0. The lowest BCUT2D eigenvalue weighted by Crippen LogP contribution is -2.51. The number of aromatic nitrogens is 2. The Kier molecular flexibility index (Phi) is 4.75. The first kappa shape index (κ1) is 15.5. The molecule has 0 N–H and O–H groups in total. The Morgan fingerprint density at radius 2 is 2.27 bits per heavy atom. The third kappa shape index (κ3) is 3.16. The van der Waals surface area contributed by atoms with Crippen molar-refractivity contribution >= 4 is 11.8 Å². The summed E-state index contributed by atoms with van der Waals surface area (Å²) in [5, 5.41) is 0. The van der Waals surface area contributed by atoms with Crippen LogP contribution < -0.4 is 9.80 Å². The van der Waals surface area contributed by atoms with E-state index in [4.69, 9.17) is 9.47 Å². The smallest absolute Gasteiger partial charge is 0.226 e. The van der Waals surface area contributed by atoms with Gasteiger partial charge in [0.2, 0.25) is 5.95 Å². The van der Waals surface area contributed by atoms with Crippen LogP contribution in [-0.2, 0) is 9.47 Å². The van der Waals surface area contributed by atoms with E-state index in [0.717, 1.165) is 51.2 Å². The van der Waals surface area contributed by atoms with Gasteiger partial charge in [0.1, 0.15) is 5.82 Å². The Balaban J connectivity index is 1.75. The Morgan fingerprint density at radius 1 is 1.41 bits per heavy atom. The van der Waals surface area contributed by atoms with Crippen LogP contribution in [0.1, 0.15) is 0 Å². The van der Waals surface area contributed by atoms with Gasteiger partial charge in [-0.1, -0.05) is 0 Å². The van der Waals surface area contributed by atoms with E-state index in [9.17, 15) is 0 Å². The molecule has 0 spiro atoms. The number of fused-ring (bicyclic) bond motifs is 1. The molecule has 2 fully saturated rings. The third-order valence-corrected chi connectivity index (χ3v) is 4.31. The summed E-state index contributed by atoms with van der Waals surface area (Å²) in [6, 6.07) is 2.35. The zero-order valence-corrected chi connectivity index (χ0v) is 13.6. The Bertz CT molecular complexity index is 499. The monoisotopic (exact) mass is 307 g/mol. The number of rotatable bonds is 5. The van der Waals surface area contributed by atoms with E-state index in [1.165, 1.54) is 0 Å². The van der Waals surface area contributed by atoms with Crippen molar-refractivity contribution in [2.45, 2.75) is 12.1 Å². The van der Waals surface area contributed by atoms with Gasteiger partial charge in [0.05, 0.1) is 25.4 Å². The molecule has 0 aromatic carbocycles. The highest BCUT2D eigenvalue weighted by Gasteiger charge is 2.40. The molecule has 122 valence electrons. The summed E-state index contributed by atoms with van der Waals surface area (Å²) in [5.74, 6) is 1.74. The summed E-state index contributed by atoms with van der Waals surface area (Å²) in [7, 11) is 5.67. The molecule has 2 saturated heterocycles. The second-order valence-electron chi connectivity index (χ2n) is 6.03. The summed E-state index contributed by atoms with van der Waals surface area (Å²) in [6.45, 7) is 5.31. The van der Waals surface area contributed by atoms with Crippen LogP contribution in [-0.4, -0.2) is 87.6 Å². The lowest BCUT2D eigenvalue weighted by molar-refractivity contribution is 0.0297. The van der Waals surface area contributed by atoms with E-state index < -0.39 is 0 Å². The predicted octanol–water partition coefficient (Wildman–Crippen LogP) is 0.0784. The predicted molar refractivity (Wildman–Crippen MR) is 85.5 cm³/mol. The van der Waals surface area contributed by atoms with Gasteiger partial charge in [0.25, 0.3) is 0 Å². The molecular weight excluding hydrogens is 282 g/mol. The van der Waals surface area contributed by atoms with Crippen molar-refractivity contribution in [3.63, 3.8) is 0 Å². The molecule has 2 atom stereocenters. The molecule has 0 saturated carbocycles. The number of morpholine rings is 1. The van der Waals surface area contributed by atoms with Crippen molar-refractivity contribution in [3.8, 4) is 0 Å². The standard InChI is InChI=1S/C15H25N5O2/c1-18(2)15-16-5-4-14(17-15)20-7-9-22-13-11-19(6-8-21-3)10-12(13)20/h4-5,12-13H,6-11H2,1-3H3/t12-,13+/m1/s1. The number of nitrogens with zero attached hydrogens (tertiary/aromatic N) is 5. The molecule has 2 aliphatic heterocycles. The van der Waals surface area contributed by atoms with Gasteiger partial charge in [-0.05, 0) is 6.07 Å². The van der Waals surface area contributed by atoms with Crippen LogP contribution in [0.4, 0.5) is 11.8 Å². The molecule has 2 aliphatic rings.